The van der Waals surface area contributed by atoms with Crippen LogP contribution in [0, 0.1) is 0 Å². The average Bonchev–Trinajstić information content (AvgIpc) is 2.90. The summed E-state index contributed by atoms with van der Waals surface area (Å²) in [6.45, 7) is 0. The summed E-state index contributed by atoms with van der Waals surface area (Å²) in [7, 11) is 0. The van der Waals surface area contributed by atoms with Crippen molar-refractivity contribution in [3.63, 3.8) is 0 Å². The molecule has 0 aliphatic carbocycles. The molecule has 0 atom stereocenters. The zero-order valence-electron chi connectivity index (χ0n) is 18.0. The van der Waals surface area contributed by atoms with Gasteiger partial charge >= 0.3 is 51.4 Å². The normalized spacial score (nSPS) is 12.8. The first-order valence-electron chi connectivity index (χ1n) is 9.93. The molecule has 0 saturated heterocycles. The van der Waals surface area contributed by atoms with Gasteiger partial charge < -0.3 is 21.3 Å². The standard InChI is InChI=1S/2C12H8N2.2CNSe.Cu/c2*1-3-9-5-6-10-4-2-8-14-12(10)11(9)13-7-1;2*2-1-3;/h2*1-8H;;;/q2*-2;2*-1;. The Morgan fingerprint density at radius 3 is 0.886 bits per heavy atom. The molecule has 0 aromatic heterocycles. The maximum atomic E-state index is 7.26. The van der Waals surface area contributed by atoms with Gasteiger partial charge in [-0.1, -0.05) is 72.9 Å². The van der Waals surface area contributed by atoms with Gasteiger partial charge in [0.25, 0.3) is 0 Å². The number of hydrogen-bond donors (Lipinski definition) is 0. The average molecular weight is 634 g/mol. The van der Waals surface area contributed by atoms with Gasteiger partial charge in [-0.3, -0.25) is 0 Å². The molecule has 0 saturated carbocycles. The molecule has 2 aromatic carbocycles. The van der Waals surface area contributed by atoms with E-state index in [4.69, 9.17) is 10.8 Å². The second kappa shape index (κ2) is 14.9. The molecule has 0 unspecified atom stereocenters. The number of hydrogen-bond acceptors (Lipinski definition) is 0. The van der Waals surface area contributed by atoms with Gasteiger partial charge in [0.05, 0.1) is 0 Å². The summed E-state index contributed by atoms with van der Waals surface area (Å²) in [5, 5.41) is 36.5. The maximum absolute atomic E-state index is 7.26. The predicted molar refractivity (Wildman–Crippen MR) is 146 cm³/mol. The van der Waals surface area contributed by atoms with E-state index in [0.717, 1.165) is 43.6 Å². The van der Waals surface area contributed by atoms with Gasteiger partial charge in [-0.05, 0) is 20.9 Å². The van der Waals surface area contributed by atoms with E-state index in [0.29, 0.717) is 0 Å². The molecule has 6 nitrogen and oxygen atoms in total. The Labute approximate surface area is 229 Å². The number of rotatable bonds is 0. The molecule has 9 heteroatoms. The van der Waals surface area contributed by atoms with Crippen LogP contribution in [0.4, 0.5) is 22.7 Å². The Morgan fingerprint density at radius 2 is 0.686 bits per heavy atom. The summed E-state index contributed by atoms with van der Waals surface area (Å²) in [5.41, 5.74) is 3.91. The van der Waals surface area contributed by atoms with Crippen LogP contribution in [0.3, 0.4) is 0 Å². The summed E-state index contributed by atoms with van der Waals surface area (Å²) in [4.78, 5) is 0. The van der Waals surface area contributed by atoms with Crippen molar-refractivity contribution in [2.24, 2.45) is 0 Å². The Bertz CT molecular complexity index is 1290. The molecule has 4 heterocycles. The van der Waals surface area contributed by atoms with Crippen LogP contribution in [-0.2, 0) is 17.1 Å². The number of benzene rings is 2. The summed E-state index contributed by atoms with van der Waals surface area (Å²) in [5.74, 6) is 0. The van der Waals surface area contributed by atoms with Crippen molar-refractivity contribution in [3.8, 4) is 0 Å². The van der Waals surface area contributed by atoms with Crippen LogP contribution in [-0.4, -0.2) is 40.6 Å². The van der Waals surface area contributed by atoms with E-state index >= 15 is 0 Å². The first-order chi connectivity index (χ1) is 16.7. The van der Waals surface area contributed by atoms with Crippen LogP contribution >= 0.6 is 0 Å². The van der Waals surface area contributed by atoms with E-state index < -0.39 is 0 Å². The molecular formula is C26H16CuN6Se2-6. The molecule has 2 aromatic rings. The van der Waals surface area contributed by atoms with Crippen LogP contribution in [0.1, 0.15) is 0 Å². The van der Waals surface area contributed by atoms with Crippen LogP contribution in [0.15, 0.2) is 73.4 Å². The van der Waals surface area contributed by atoms with Crippen molar-refractivity contribution in [1.82, 2.24) is 0 Å². The Balaban J connectivity index is 0.000000198. The third-order valence-electron chi connectivity index (χ3n) is 4.69. The van der Waals surface area contributed by atoms with Crippen molar-refractivity contribution >= 4 is 87.6 Å². The third kappa shape index (κ3) is 7.39. The fourth-order valence-corrected chi connectivity index (χ4v) is 3.36. The van der Waals surface area contributed by atoms with Crippen molar-refractivity contribution in [2.45, 2.75) is 0 Å². The first-order valence-corrected chi connectivity index (χ1v) is 11.6. The number of fused-ring (bicyclic) bond motifs is 6. The second-order valence-corrected chi connectivity index (χ2v) is 7.38. The SMILES string of the molecule is C1=C[N-]c2c3c(ccc2=C1)=CC=C[N-]3.C1=C[N-]c2c3c(ccc2=C1)=CC=C[N-]3.[Cu].[N-]=C=[Se].[N-]=C=[Se]. The first kappa shape index (κ1) is 28.0. The van der Waals surface area contributed by atoms with Crippen molar-refractivity contribution < 1.29 is 17.1 Å². The summed E-state index contributed by atoms with van der Waals surface area (Å²) >= 11 is 4.22. The van der Waals surface area contributed by atoms with Gasteiger partial charge in [0, 0.05) is 17.1 Å². The summed E-state index contributed by atoms with van der Waals surface area (Å²) < 4.78 is 3.25. The monoisotopic (exact) mass is 635 g/mol. The van der Waals surface area contributed by atoms with Gasteiger partial charge in [0.15, 0.2) is 0 Å². The summed E-state index contributed by atoms with van der Waals surface area (Å²) in [6.07, 6.45) is 23.2. The fourth-order valence-electron chi connectivity index (χ4n) is 3.36. The van der Waals surface area contributed by atoms with Crippen LogP contribution < -0.4 is 20.9 Å². The zero-order valence-corrected chi connectivity index (χ0v) is 22.4. The van der Waals surface area contributed by atoms with E-state index in [1.54, 1.807) is 34.2 Å². The Hall–Kier alpha value is -3.20. The van der Waals surface area contributed by atoms with Gasteiger partial charge in [-0.2, -0.15) is 24.8 Å². The van der Waals surface area contributed by atoms with Gasteiger partial charge in [0.1, 0.15) is 0 Å². The molecule has 179 valence electrons. The molecule has 0 spiro atoms. The molecule has 1 radical (unpaired) electrons. The van der Waals surface area contributed by atoms with Gasteiger partial charge in [-0.15, -0.1) is 22.7 Å². The molecule has 0 N–H and O–H groups in total. The zero-order chi connectivity index (χ0) is 24.2. The van der Waals surface area contributed by atoms with Crippen molar-refractivity contribution in [2.75, 3.05) is 0 Å². The molecule has 4 aliphatic rings. The molecule has 4 aliphatic heterocycles. The topological polar surface area (TPSA) is 101 Å². The molecule has 0 amide bonds. The molecule has 0 fully saturated rings. The molecule has 35 heavy (non-hydrogen) atoms. The number of allylic oxidation sites excluding steroid dienone is 4. The van der Waals surface area contributed by atoms with Crippen LogP contribution in [0.5, 0.6) is 0 Å². The third-order valence-corrected chi connectivity index (χ3v) is 4.69. The Morgan fingerprint density at radius 1 is 0.486 bits per heavy atom. The van der Waals surface area contributed by atoms with E-state index in [-0.39, 0.29) is 17.1 Å². The van der Waals surface area contributed by atoms with Crippen molar-refractivity contribution in [3.05, 3.63) is 126 Å². The van der Waals surface area contributed by atoms with E-state index in [1.165, 1.54) is 0 Å². The number of nitrogens with zero attached hydrogens (tertiary/aromatic N) is 6. The minimum absolute atomic E-state index is 0. The fraction of sp³-hybridized carbons (Fsp3) is 0. The van der Waals surface area contributed by atoms with Gasteiger partial charge in [-0.25, -0.2) is 0 Å². The quantitative estimate of drug-likeness (QED) is 0.311. The minimum atomic E-state index is 0. The molecule has 6 rings (SSSR count). The predicted octanol–water partition coefficient (Wildman–Crippen LogP) is 3.88. The molecular weight excluding hydrogens is 618 g/mol. The van der Waals surface area contributed by atoms with E-state index in [2.05, 4.69) is 101 Å². The second-order valence-electron chi connectivity index (χ2n) is 6.61. The Kier molecular flexibility index (Phi) is 12.0. The van der Waals surface area contributed by atoms with Crippen molar-refractivity contribution in [1.29, 1.82) is 0 Å². The van der Waals surface area contributed by atoms with E-state index in [1.807, 2.05) is 24.3 Å². The summed E-state index contributed by atoms with van der Waals surface area (Å²) in [6, 6.07) is 8.30. The van der Waals surface area contributed by atoms with Gasteiger partial charge in [0.2, 0.25) is 0 Å². The van der Waals surface area contributed by atoms with E-state index in [9.17, 15) is 0 Å². The van der Waals surface area contributed by atoms with Crippen LogP contribution in [0.25, 0.3) is 56.4 Å². The van der Waals surface area contributed by atoms with Crippen LogP contribution in [0.2, 0.25) is 0 Å². The molecule has 0 bridgehead atoms.